The molecule has 1 fully saturated rings. The van der Waals surface area contributed by atoms with Crippen molar-refractivity contribution in [2.45, 2.75) is 12.7 Å². The Balaban J connectivity index is 1.50. The van der Waals surface area contributed by atoms with E-state index in [0.29, 0.717) is 35.8 Å². The number of anilines is 1. The third kappa shape index (κ3) is 3.02. The molecule has 0 atom stereocenters. The van der Waals surface area contributed by atoms with Crippen molar-refractivity contribution in [1.82, 2.24) is 4.90 Å². The Hall–Kier alpha value is -2.90. The summed E-state index contributed by atoms with van der Waals surface area (Å²) in [5.74, 6) is 1.20. The van der Waals surface area contributed by atoms with Crippen molar-refractivity contribution in [3.8, 4) is 11.5 Å². The normalized spacial score (nSPS) is 16.5. The average molecular weight is 364 g/mol. The minimum atomic E-state index is -4.40. The zero-order chi connectivity index (χ0) is 18.3. The van der Waals surface area contributed by atoms with Gasteiger partial charge < -0.3 is 14.4 Å². The molecule has 2 aromatic carbocycles. The molecule has 0 aliphatic carbocycles. The second-order valence-electron chi connectivity index (χ2n) is 6.09. The van der Waals surface area contributed by atoms with E-state index in [1.807, 2.05) is 0 Å². The number of carbonyl (C=O) groups excluding carboxylic acids is 1. The van der Waals surface area contributed by atoms with Gasteiger partial charge in [-0.3, -0.25) is 4.90 Å². The van der Waals surface area contributed by atoms with E-state index < -0.39 is 11.7 Å². The van der Waals surface area contributed by atoms with Crippen LogP contribution >= 0.6 is 0 Å². The Morgan fingerprint density at radius 1 is 1.00 bits per heavy atom. The molecule has 0 unspecified atom stereocenters. The Bertz CT molecular complexity index is 854. The number of amides is 2. The molecular formula is C18H15F3N2O3. The first-order valence-electron chi connectivity index (χ1n) is 8.04. The van der Waals surface area contributed by atoms with Crippen LogP contribution in [0.3, 0.4) is 0 Å². The average Bonchev–Trinajstić information content (AvgIpc) is 3.21. The minimum absolute atomic E-state index is 0.129. The van der Waals surface area contributed by atoms with Crippen molar-refractivity contribution in [3.63, 3.8) is 0 Å². The van der Waals surface area contributed by atoms with Gasteiger partial charge in [0.15, 0.2) is 11.5 Å². The molecule has 0 saturated carbocycles. The lowest BCUT2D eigenvalue weighted by Gasteiger charge is -2.19. The number of rotatable bonds is 3. The lowest BCUT2D eigenvalue weighted by atomic mass is 10.1. The molecule has 5 nitrogen and oxygen atoms in total. The van der Waals surface area contributed by atoms with Crippen LogP contribution in [0.2, 0.25) is 0 Å². The maximum atomic E-state index is 12.8. The Morgan fingerprint density at radius 2 is 1.81 bits per heavy atom. The highest BCUT2D eigenvalue weighted by molar-refractivity contribution is 5.94. The van der Waals surface area contributed by atoms with Crippen LogP contribution in [0.25, 0.3) is 0 Å². The molecular weight excluding hydrogens is 349 g/mol. The number of fused-ring (bicyclic) bond motifs is 1. The lowest BCUT2D eigenvalue weighted by molar-refractivity contribution is -0.137. The maximum absolute atomic E-state index is 12.8. The molecule has 1 saturated heterocycles. The van der Waals surface area contributed by atoms with Gasteiger partial charge in [-0.05, 0) is 29.8 Å². The molecule has 0 aromatic heterocycles. The van der Waals surface area contributed by atoms with Gasteiger partial charge in [0.05, 0.1) is 5.56 Å². The number of alkyl halides is 3. The monoisotopic (exact) mass is 364 g/mol. The van der Waals surface area contributed by atoms with Gasteiger partial charge in [-0.15, -0.1) is 0 Å². The first-order chi connectivity index (χ1) is 12.4. The summed E-state index contributed by atoms with van der Waals surface area (Å²) in [6, 6.07) is 10.0. The van der Waals surface area contributed by atoms with E-state index in [-0.39, 0.29) is 19.4 Å². The Morgan fingerprint density at radius 3 is 2.62 bits per heavy atom. The van der Waals surface area contributed by atoms with Gasteiger partial charge in [0, 0.05) is 31.4 Å². The number of halogens is 3. The Kier molecular flexibility index (Phi) is 3.90. The van der Waals surface area contributed by atoms with Crippen molar-refractivity contribution >= 4 is 11.7 Å². The van der Waals surface area contributed by atoms with Crippen LogP contribution in [0, 0.1) is 0 Å². The second-order valence-corrected chi connectivity index (χ2v) is 6.09. The fourth-order valence-electron chi connectivity index (χ4n) is 3.09. The molecule has 0 radical (unpaired) electrons. The number of ether oxygens (including phenoxy) is 2. The van der Waals surface area contributed by atoms with Gasteiger partial charge in [-0.25, -0.2) is 4.79 Å². The van der Waals surface area contributed by atoms with Crippen molar-refractivity contribution in [2.24, 2.45) is 0 Å². The molecule has 2 amide bonds. The van der Waals surface area contributed by atoms with Crippen LogP contribution in [-0.4, -0.2) is 30.8 Å². The lowest BCUT2D eigenvalue weighted by Crippen LogP contribution is -2.31. The number of carbonyl (C=O) groups is 1. The molecule has 2 aromatic rings. The second kappa shape index (κ2) is 6.12. The van der Waals surface area contributed by atoms with Crippen LogP contribution in [-0.2, 0) is 12.7 Å². The predicted molar refractivity (Wildman–Crippen MR) is 87.2 cm³/mol. The van der Waals surface area contributed by atoms with E-state index in [1.54, 1.807) is 29.2 Å². The zero-order valence-electron chi connectivity index (χ0n) is 13.6. The summed E-state index contributed by atoms with van der Waals surface area (Å²) >= 11 is 0. The van der Waals surface area contributed by atoms with Crippen molar-refractivity contribution in [3.05, 3.63) is 53.6 Å². The number of hydrogen-bond donors (Lipinski definition) is 0. The smallest absolute Gasteiger partial charge is 0.416 e. The highest BCUT2D eigenvalue weighted by Gasteiger charge is 2.33. The molecule has 0 N–H and O–H groups in total. The van der Waals surface area contributed by atoms with Crippen LogP contribution in [0.1, 0.15) is 11.1 Å². The summed E-state index contributed by atoms with van der Waals surface area (Å²) in [7, 11) is 0. The molecule has 2 heterocycles. The van der Waals surface area contributed by atoms with Gasteiger partial charge >= 0.3 is 12.2 Å². The summed E-state index contributed by atoms with van der Waals surface area (Å²) in [5.41, 5.74) is 0.403. The number of urea groups is 1. The standard InChI is InChI=1S/C18H15F3N2O3/c19-18(20,21)13-3-1-2-12(8-13)10-22-6-7-23(17(22)24)14-4-5-15-16(9-14)26-11-25-15/h1-5,8-9H,6-7,10-11H2. The van der Waals surface area contributed by atoms with E-state index in [9.17, 15) is 18.0 Å². The maximum Gasteiger partial charge on any atom is 0.416 e. The van der Waals surface area contributed by atoms with Crippen molar-refractivity contribution in [1.29, 1.82) is 0 Å². The minimum Gasteiger partial charge on any atom is -0.454 e. The quantitative estimate of drug-likeness (QED) is 0.830. The van der Waals surface area contributed by atoms with Gasteiger partial charge in [0.2, 0.25) is 6.79 Å². The van der Waals surface area contributed by atoms with Crippen molar-refractivity contribution in [2.75, 3.05) is 24.8 Å². The highest BCUT2D eigenvalue weighted by atomic mass is 19.4. The molecule has 4 rings (SSSR count). The number of hydrogen-bond acceptors (Lipinski definition) is 3. The highest BCUT2D eigenvalue weighted by Crippen LogP contribution is 2.36. The Labute approximate surface area is 147 Å². The van der Waals surface area contributed by atoms with Crippen molar-refractivity contribution < 1.29 is 27.4 Å². The first-order valence-corrected chi connectivity index (χ1v) is 8.04. The van der Waals surface area contributed by atoms with E-state index >= 15 is 0 Å². The van der Waals surface area contributed by atoms with Gasteiger partial charge in [-0.2, -0.15) is 13.2 Å². The number of nitrogens with zero attached hydrogens (tertiary/aromatic N) is 2. The number of benzene rings is 2. The van der Waals surface area contributed by atoms with Crippen LogP contribution < -0.4 is 14.4 Å². The summed E-state index contributed by atoms with van der Waals surface area (Å²) in [6.45, 7) is 1.17. The molecule has 2 aliphatic rings. The van der Waals surface area contributed by atoms with E-state index in [0.717, 1.165) is 12.1 Å². The summed E-state index contributed by atoms with van der Waals surface area (Å²) in [4.78, 5) is 15.8. The van der Waals surface area contributed by atoms with Crippen LogP contribution in [0.4, 0.5) is 23.7 Å². The molecule has 136 valence electrons. The van der Waals surface area contributed by atoms with Gasteiger partial charge in [-0.1, -0.05) is 12.1 Å². The molecule has 0 spiro atoms. The van der Waals surface area contributed by atoms with E-state index in [2.05, 4.69) is 0 Å². The van der Waals surface area contributed by atoms with E-state index in [4.69, 9.17) is 9.47 Å². The SMILES string of the molecule is O=C1N(Cc2cccc(C(F)(F)F)c2)CCN1c1ccc2c(c1)OCO2. The van der Waals surface area contributed by atoms with Crippen LogP contribution in [0.5, 0.6) is 11.5 Å². The third-order valence-corrected chi connectivity index (χ3v) is 4.39. The summed E-state index contributed by atoms with van der Waals surface area (Å²) < 4.78 is 49.1. The van der Waals surface area contributed by atoms with Crippen LogP contribution in [0.15, 0.2) is 42.5 Å². The van der Waals surface area contributed by atoms with E-state index in [1.165, 1.54) is 11.0 Å². The molecule has 8 heteroatoms. The third-order valence-electron chi connectivity index (χ3n) is 4.39. The zero-order valence-corrected chi connectivity index (χ0v) is 13.6. The fraction of sp³-hybridized carbons (Fsp3) is 0.278. The largest absolute Gasteiger partial charge is 0.454 e. The topological polar surface area (TPSA) is 42.0 Å². The first kappa shape index (κ1) is 16.6. The molecule has 2 aliphatic heterocycles. The van der Waals surface area contributed by atoms with Gasteiger partial charge in [0.25, 0.3) is 0 Å². The molecule has 0 bridgehead atoms. The molecule has 26 heavy (non-hydrogen) atoms. The summed E-state index contributed by atoms with van der Waals surface area (Å²) in [6.07, 6.45) is -4.40. The summed E-state index contributed by atoms with van der Waals surface area (Å²) in [5, 5.41) is 0. The predicted octanol–water partition coefficient (Wildman–Crippen LogP) is 3.88. The fourth-order valence-corrected chi connectivity index (χ4v) is 3.09. The van der Waals surface area contributed by atoms with Gasteiger partial charge in [0.1, 0.15) is 0 Å².